The molecular weight excluding hydrogens is 361 g/mol. The molecule has 0 N–H and O–H groups in total. The van der Waals surface area contributed by atoms with Gasteiger partial charge in [-0.1, -0.05) is 0 Å². The molecule has 2 aromatic rings. The fraction of sp³-hybridized carbons (Fsp3) is 0.333. The first-order chi connectivity index (χ1) is 12.3. The molecule has 0 radical (unpaired) electrons. The molecule has 0 spiro atoms. The summed E-state index contributed by atoms with van der Waals surface area (Å²) in [5.41, 5.74) is -3.82. The zero-order chi connectivity index (χ0) is 19.2. The number of hydrogen-bond donors (Lipinski definition) is 0. The Hall–Kier alpha value is -3.11. The summed E-state index contributed by atoms with van der Waals surface area (Å²) in [4.78, 5) is 34.6. The number of aromatic nitrogens is 1. The fourth-order valence-electron chi connectivity index (χ4n) is 2.83. The highest BCUT2D eigenvalue weighted by Gasteiger charge is 2.37. The van der Waals surface area contributed by atoms with Crippen LogP contribution in [0.1, 0.15) is 23.3 Å². The summed E-state index contributed by atoms with van der Waals surface area (Å²) in [7, 11) is 0. The smallest absolute Gasteiger partial charge is 0.343 e. The molecule has 2 heterocycles. The van der Waals surface area contributed by atoms with Gasteiger partial charge in [0.25, 0.3) is 0 Å². The van der Waals surface area contributed by atoms with Crippen LogP contribution in [0.5, 0.6) is 5.75 Å². The summed E-state index contributed by atoms with van der Waals surface area (Å²) < 4.78 is 52.4. The van der Waals surface area contributed by atoms with Gasteiger partial charge >= 0.3 is 11.7 Å². The number of pyridine rings is 1. The number of nitro groups is 1. The van der Waals surface area contributed by atoms with Crippen molar-refractivity contribution >= 4 is 22.6 Å². The molecular formula is C15H11F3N2O6. The number of hydrogen-bond acceptors (Lipinski definition) is 6. The summed E-state index contributed by atoms with van der Waals surface area (Å²) in [5, 5.41) is 10.4. The fourth-order valence-corrected chi connectivity index (χ4v) is 2.83. The lowest BCUT2D eigenvalue weighted by atomic mass is 10.1. The van der Waals surface area contributed by atoms with Gasteiger partial charge < -0.3 is 14.0 Å². The number of esters is 1. The van der Waals surface area contributed by atoms with Gasteiger partial charge in [-0.2, -0.15) is 8.78 Å². The van der Waals surface area contributed by atoms with Crippen LogP contribution in [0, 0.1) is 21.7 Å². The summed E-state index contributed by atoms with van der Waals surface area (Å²) in [6.07, 6.45) is 0.917. The van der Waals surface area contributed by atoms with Gasteiger partial charge in [0, 0.05) is 6.20 Å². The van der Waals surface area contributed by atoms with Crippen LogP contribution in [0.15, 0.2) is 11.0 Å². The normalized spacial score (nSPS) is 15.6. The Morgan fingerprint density at radius 3 is 2.73 bits per heavy atom. The number of halogens is 3. The van der Waals surface area contributed by atoms with Gasteiger partial charge in [0.2, 0.25) is 17.1 Å². The lowest BCUT2D eigenvalue weighted by Gasteiger charge is -2.27. The van der Waals surface area contributed by atoms with Crippen LogP contribution in [-0.4, -0.2) is 35.3 Å². The summed E-state index contributed by atoms with van der Waals surface area (Å²) in [6.45, 7) is -0.0874. The number of rotatable bonds is 4. The predicted molar refractivity (Wildman–Crippen MR) is 81.2 cm³/mol. The predicted octanol–water partition coefficient (Wildman–Crippen LogP) is 2.27. The number of benzene rings is 1. The van der Waals surface area contributed by atoms with Crippen LogP contribution in [0.25, 0.3) is 10.9 Å². The van der Waals surface area contributed by atoms with E-state index in [-0.39, 0.29) is 6.61 Å². The second-order valence-corrected chi connectivity index (χ2v) is 5.41. The van der Waals surface area contributed by atoms with E-state index in [1.54, 1.807) is 0 Å². The minimum absolute atomic E-state index is 0.100. The summed E-state index contributed by atoms with van der Waals surface area (Å²) in [5.74, 6) is -5.44. The van der Waals surface area contributed by atoms with Gasteiger partial charge in [-0.05, 0) is 6.92 Å². The molecule has 0 aliphatic carbocycles. The Bertz CT molecular complexity index is 1000. The van der Waals surface area contributed by atoms with Crippen molar-refractivity contribution < 1.29 is 32.4 Å². The van der Waals surface area contributed by atoms with Crippen molar-refractivity contribution in [2.75, 3.05) is 19.9 Å². The first-order valence-corrected chi connectivity index (χ1v) is 7.43. The van der Waals surface area contributed by atoms with E-state index in [1.807, 2.05) is 0 Å². The van der Waals surface area contributed by atoms with E-state index in [1.165, 1.54) is 6.92 Å². The number of nitrogens with zero attached hydrogens (tertiary/aromatic N) is 2. The number of alkyl halides is 1. The van der Waals surface area contributed by atoms with Gasteiger partial charge in [-0.15, -0.1) is 0 Å². The summed E-state index contributed by atoms with van der Waals surface area (Å²) in [6, 6.07) is -1.09. The molecule has 26 heavy (non-hydrogen) atoms. The highest BCUT2D eigenvalue weighted by Crippen LogP contribution is 2.40. The lowest BCUT2D eigenvalue weighted by Crippen LogP contribution is -2.30. The second kappa shape index (κ2) is 6.32. The average molecular weight is 372 g/mol. The highest BCUT2D eigenvalue weighted by molar-refractivity contribution is 5.99. The topological polar surface area (TPSA) is 101 Å². The third-order valence-electron chi connectivity index (χ3n) is 3.96. The van der Waals surface area contributed by atoms with Gasteiger partial charge in [-0.3, -0.25) is 14.9 Å². The maximum atomic E-state index is 14.2. The van der Waals surface area contributed by atoms with Crippen molar-refractivity contribution in [3.63, 3.8) is 0 Å². The van der Waals surface area contributed by atoms with E-state index in [0.717, 1.165) is 10.8 Å². The van der Waals surface area contributed by atoms with Crippen molar-refractivity contribution in [2.45, 2.75) is 13.0 Å². The summed E-state index contributed by atoms with van der Waals surface area (Å²) >= 11 is 0. The minimum Gasteiger partial charge on any atom is -0.486 e. The van der Waals surface area contributed by atoms with E-state index in [0.29, 0.717) is 0 Å². The van der Waals surface area contributed by atoms with Crippen LogP contribution in [0.3, 0.4) is 0 Å². The van der Waals surface area contributed by atoms with Crippen molar-refractivity contribution in [3.05, 3.63) is 43.7 Å². The molecule has 8 nitrogen and oxygen atoms in total. The molecule has 0 amide bonds. The molecule has 0 fully saturated rings. The van der Waals surface area contributed by atoms with E-state index in [9.17, 15) is 32.9 Å². The minimum atomic E-state index is -1.90. The zero-order valence-electron chi connectivity index (χ0n) is 13.3. The van der Waals surface area contributed by atoms with Gasteiger partial charge in [-0.25, -0.2) is 9.18 Å². The highest BCUT2D eigenvalue weighted by atomic mass is 19.2. The zero-order valence-corrected chi connectivity index (χ0v) is 13.3. The Labute approximate surface area is 142 Å². The van der Waals surface area contributed by atoms with Gasteiger partial charge in [0.1, 0.15) is 29.7 Å². The van der Waals surface area contributed by atoms with Crippen LogP contribution >= 0.6 is 0 Å². The number of ether oxygens (including phenoxy) is 2. The maximum Gasteiger partial charge on any atom is 0.343 e. The lowest BCUT2D eigenvalue weighted by molar-refractivity contribution is -0.386. The Morgan fingerprint density at radius 2 is 2.15 bits per heavy atom. The van der Waals surface area contributed by atoms with Gasteiger partial charge in [0.15, 0.2) is 5.75 Å². The van der Waals surface area contributed by atoms with E-state index in [4.69, 9.17) is 9.47 Å². The number of carbonyl (C=O) groups excluding carboxylic acids is 1. The third-order valence-corrected chi connectivity index (χ3v) is 3.96. The molecule has 0 unspecified atom stereocenters. The monoisotopic (exact) mass is 372 g/mol. The average Bonchev–Trinajstić information content (AvgIpc) is 2.60. The van der Waals surface area contributed by atoms with Gasteiger partial charge in [0.05, 0.1) is 17.6 Å². The molecule has 1 aliphatic heterocycles. The molecule has 1 atom stereocenters. The van der Waals surface area contributed by atoms with E-state index in [2.05, 4.69) is 0 Å². The standard InChI is InChI=1S/C15H11F3N2O6/c1-2-25-15(22)7-4-19-6(3-16)5-26-14-10(18)9(17)11(20(23)24)8(12(14)19)13(7)21/h4,6H,2-3,5H2,1H3/t6-/m0/s1. The van der Waals surface area contributed by atoms with Crippen LogP contribution in [0.2, 0.25) is 0 Å². The third kappa shape index (κ3) is 2.38. The van der Waals surface area contributed by atoms with Crippen molar-refractivity contribution in [3.8, 4) is 5.75 Å². The quantitative estimate of drug-likeness (QED) is 0.464. The van der Waals surface area contributed by atoms with Crippen molar-refractivity contribution in [1.82, 2.24) is 4.57 Å². The first kappa shape index (κ1) is 17.7. The molecule has 138 valence electrons. The Kier molecular flexibility index (Phi) is 4.30. The number of carbonyl (C=O) groups is 1. The largest absolute Gasteiger partial charge is 0.486 e. The van der Waals surface area contributed by atoms with Crippen molar-refractivity contribution in [2.24, 2.45) is 0 Å². The van der Waals surface area contributed by atoms with Crippen LogP contribution < -0.4 is 10.2 Å². The first-order valence-electron chi connectivity index (χ1n) is 7.43. The molecule has 1 aromatic heterocycles. The molecule has 0 saturated carbocycles. The molecule has 0 saturated heterocycles. The van der Waals surface area contributed by atoms with E-state index >= 15 is 0 Å². The maximum absolute atomic E-state index is 14.2. The molecule has 1 aliphatic rings. The Morgan fingerprint density at radius 1 is 1.46 bits per heavy atom. The van der Waals surface area contributed by atoms with Crippen LogP contribution in [0.4, 0.5) is 18.9 Å². The van der Waals surface area contributed by atoms with Crippen molar-refractivity contribution in [1.29, 1.82) is 0 Å². The molecule has 3 rings (SSSR count). The van der Waals surface area contributed by atoms with E-state index < -0.39 is 75.2 Å². The van der Waals surface area contributed by atoms with Crippen LogP contribution in [-0.2, 0) is 4.74 Å². The molecule has 1 aromatic carbocycles. The molecule has 11 heteroatoms. The number of nitro benzene ring substituents is 1. The molecule has 0 bridgehead atoms. The second-order valence-electron chi connectivity index (χ2n) is 5.41. The Balaban J connectivity index is 2.56. The SMILES string of the molecule is CCOC(=O)c1cn2c3c(c(F)c(F)c([N+](=O)[O-])c3c1=O)OC[C@@H]2CF.